The molecule has 0 amide bonds. The van der Waals surface area contributed by atoms with E-state index in [-0.39, 0.29) is 0 Å². The maximum atomic E-state index is 6.01. The molecule has 1 heterocycles. The third kappa shape index (κ3) is 3.21. The highest BCUT2D eigenvalue weighted by Crippen LogP contribution is 2.25. The molecule has 1 aromatic carbocycles. The van der Waals surface area contributed by atoms with E-state index in [1.54, 1.807) is 0 Å². The largest absolute Gasteiger partial charge is 0.376 e. The zero-order valence-corrected chi connectivity index (χ0v) is 11.2. The summed E-state index contributed by atoms with van der Waals surface area (Å²) in [5, 5.41) is 4.18. The molecule has 1 aromatic rings. The van der Waals surface area contributed by atoms with Gasteiger partial charge in [-0.25, -0.2) is 0 Å². The monoisotopic (exact) mass is 253 g/mol. The molecule has 1 fully saturated rings. The van der Waals surface area contributed by atoms with E-state index in [4.69, 9.17) is 16.3 Å². The van der Waals surface area contributed by atoms with Crippen LogP contribution in [-0.4, -0.2) is 25.8 Å². The topological polar surface area (TPSA) is 21.3 Å². The van der Waals surface area contributed by atoms with Gasteiger partial charge in [0.1, 0.15) is 0 Å². The number of rotatable bonds is 4. The van der Waals surface area contributed by atoms with Crippen LogP contribution in [0.2, 0.25) is 5.02 Å². The van der Waals surface area contributed by atoms with Crippen molar-refractivity contribution in [1.82, 2.24) is 5.32 Å². The minimum Gasteiger partial charge on any atom is -0.376 e. The normalized spacial score (nSPS) is 26.1. The molecule has 94 valence electrons. The molecule has 2 nitrogen and oxygen atoms in total. The third-order valence-corrected chi connectivity index (χ3v) is 3.79. The van der Waals surface area contributed by atoms with Crippen LogP contribution in [0.4, 0.5) is 0 Å². The maximum Gasteiger partial charge on any atom is 0.0757 e. The van der Waals surface area contributed by atoms with Crippen molar-refractivity contribution in [3.05, 3.63) is 34.9 Å². The van der Waals surface area contributed by atoms with Gasteiger partial charge in [0, 0.05) is 17.7 Å². The average molecular weight is 254 g/mol. The fraction of sp³-hybridized carbons (Fsp3) is 0.571. The highest BCUT2D eigenvalue weighted by molar-refractivity contribution is 6.30. The summed E-state index contributed by atoms with van der Waals surface area (Å²) in [6.45, 7) is 3.15. The number of nitrogens with one attached hydrogen (secondary N) is 1. The van der Waals surface area contributed by atoms with Crippen molar-refractivity contribution in [3.63, 3.8) is 0 Å². The molecule has 0 bridgehead atoms. The first-order valence-electron chi connectivity index (χ1n) is 6.24. The second-order valence-corrected chi connectivity index (χ2v) is 5.27. The zero-order valence-electron chi connectivity index (χ0n) is 10.4. The predicted molar refractivity (Wildman–Crippen MR) is 71.5 cm³/mol. The van der Waals surface area contributed by atoms with E-state index in [9.17, 15) is 0 Å². The lowest BCUT2D eigenvalue weighted by atomic mass is 9.93. The minimum atomic E-state index is 0.319. The molecule has 2 rings (SSSR count). The van der Waals surface area contributed by atoms with Gasteiger partial charge in [-0.3, -0.25) is 0 Å². The van der Waals surface area contributed by atoms with Gasteiger partial charge >= 0.3 is 0 Å². The Bertz CT molecular complexity index is 369. The Labute approximate surface area is 108 Å². The van der Waals surface area contributed by atoms with Gasteiger partial charge in [-0.1, -0.05) is 30.7 Å². The zero-order chi connectivity index (χ0) is 12.3. The minimum absolute atomic E-state index is 0.319. The first kappa shape index (κ1) is 12.9. The third-order valence-electron chi connectivity index (χ3n) is 3.56. The van der Waals surface area contributed by atoms with Gasteiger partial charge in [0.15, 0.2) is 0 Å². The average Bonchev–Trinajstić information content (AvgIpc) is 2.72. The molecule has 1 saturated heterocycles. The molecule has 3 heteroatoms. The van der Waals surface area contributed by atoms with E-state index in [1.807, 2.05) is 25.2 Å². The lowest BCUT2D eigenvalue weighted by molar-refractivity contribution is 0.0634. The highest BCUT2D eigenvalue weighted by atomic mass is 35.5. The standard InChI is InChI=1S/C14H20ClNO/c1-10-6-7-17-14(10)13(16-2)9-11-4-3-5-12(15)8-11/h3-5,8,10,13-14,16H,6-7,9H2,1-2H3. The second-order valence-electron chi connectivity index (χ2n) is 4.83. The van der Waals surface area contributed by atoms with Crippen molar-refractivity contribution in [1.29, 1.82) is 0 Å². The molecule has 1 aliphatic heterocycles. The van der Waals surface area contributed by atoms with Crippen LogP contribution < -0.4 is 5.32 Å². The molecule has 17 heavy (non-hydrogen) atoms. The molecule has 0 radical (unpaired) electrons. The van der Waals surface area contributed by atoms with Gasteiger partial charge in [-0.2, -0.15) is 0 Å². The fourth-order valence-corrected chi connectivity index (χ4v) is 2.74. The van der Waals surface area contributed by atoms with E-state index in [0.29, 0.717) is 18.1 Å². The van der Waals surface area contributed by atoms with Crippen LogP contribution in [0, 0.1) is 5.92 Å². The number of ether oxygens (including phenoxy) is 1. The van der Waals surface area contributed by atoms with Gasteiger partial charge in [0.25, 0.3) is 0 Å². The Morgan fingerprint density at radius 3 is 2.94 bits per heavy atom. The Morgan fingerprint density at radius 2 is 2.35 bits per heavy atom. The van der Waals surface area contributed by atoms with E-state index in [0.717, 1.165) is 18.1 Å². The smallest absolute Gasteiger partial charge is 0.0757 e. The number of halogens is 1. The molecule has 1 N–H and O–H groups in total. The van der Waals surface area contributed by atoms with E-state index < -0.39 is 0 Å². The highest BCUT2D eigenvalue weighted by Gasteiger charge is 2.31. The summed E-state index contributed by atoms with van der Waals surface area (Å²) < 4.78 is 5.83. The van der Waals surface area contributed by atoms with Crippen molar-refractivity contribution in [2.45, 2.75) is 31.9 Å². The van der Waals surface area contributed by atoms with E-state index in [2.05, 4.69) is 18.3 Å². The van der Waals surface area contributed by atoms with Crippen LogP contribution >= 0.6 is 11.6 Å². The maximum absolute atomic E-state index is 6.01. The summed E-state index contributed by atoms with van der Waals surface area (Å²) in [7, 11) is 2.00. The summed E-state index contributed by atoms with van der Waals surface area (Å²) in [6, 6.07) is 8.43. The van der Waals surface area contributed by atoms with E-state index in [1.165, 1.54) is 12.0 Å². The Morgan fingerprint density at radius 1 is 1.53 bits per heavy atom. The summed E-state index contributed by atoms with van der Waals surface area (Å²) in [4.78, 5) is 0. The Hall–Kier alpha value is -0.570. The van der Waals surface area contributed by atoms with E-state index >= 15 is 0 Å². The van der Waals surface area contributed by atoms with Crippen LogP contribution in [0.15, 0.2) is 24.3 Å². The van der Waals surface area contributed by atoms with Crippen molar-refractivity contribution < 1.29 is 4.74 Å². The van der Waals surface area contributed by atoms with Crippen LogP contribution in [0.1, 0.15) is 18.9 Å². The van der Waals surface area contributed by atoms with Gasteiger partial charge in [0.05, 0.1) is 6.10 Å². The molecular weight excluding hydrogens is 234 g/mol. The van der Waals surface area contributed by atoms with Crippen LogP contribution in [0.3, 0.4) is 0 Å². The lowest BCUT2D eigenvalue weighted by Crippen LogP contribution is -2.41. The fourth-order valence-electron chi connectivity index (χ4n) is 2.53. The summed E-state index contributed by atoms with van der Waals surface area (Å²) >= 11 is 6.01. The molecule has 3 atom stereocenters. The van der Waals surface area contributed by atoms with Crippen molar-refractivity contribution in [3.8, 4) is 0 Å². The quantitative estimate of drug-likeness (QED) is 0.891. The number of hydrogen-bond acceptors (Lipinski definition) is 2. The van der Waals surface area contributed by atoms with Gasteiger partial charge in [0.2, 0.25) is 0 Å². The van der Waals surface area contributed by atoms with Crippen LogP contribution in [-0.2, 0) is 11.2 Å². The number of hydrogen-bond donors (Lipinski definition) is 1. The number of likely N-dealkylation sites (N-methyl/N-ethyl adjacent to an activating group) is 1. The SMILES string of the molecule is CNC(Cc1cccc(Cl)c1)C1OCCC1C. The molecular formula is C14H20ClNO. The molecule has 0 spiro atoms. The van der Waals surface area contributed by atoms with Gasteiger partial charge in [-0.15, -0.1) is 0 Å². The summed E-state index contributed by atoms with van der Waals surface area (Å²) in [5.41, 5.74) is 1.26. The molecule has 0 aromatic heterocycles. The lowest BCUT2D eigenvalue weighted by Gasteiger charge is -2.25. The predicted octanol–water partition coefficient (Wildman–Crippen LogP) is 2.90. The van der Waals surface area contributed by atoms with Crippen molar-refractivity contribution in [2.24, 2.45) is 5.92 Å². The summed E-state index contributed by atoms with van der Waals surface area (Å²) in [6.07, 6.45) is 2.45. The van der Waals surface area contributed by atoms with Crippen molar-refractivity contribution >= 4 is 11.6 Å². The van der Waals surface area contributed by atoms with Gasteiger partial charge in [-0.05, 0) is 43.5 Å². The molecule has 3 unspecified atom stereocenters. The molecule has 0 saturated carbocycles. The second kappa shape index (κ2) is 5.85. The first-order chi connectivity index (χ1) is 8.20. The van der Waals surface area contributed by atoms with Crippen LogP contribution in [0.5, 0.6) is 0 Å². The molecule has 1 aliphatic rings. The number of benzene rings is 1. The Balaban J connectivity index is 2.04. The Kier molecular flexibility index (Phi) is 4.43. The van der Waals surface area contributed by atoms with Crippen LogP contribution in [0.25, 0.3) is 0 Å². The summed E-state index contributed by atoms with van der Waals surface area (Å²) in [5.74, 6) is 0.631. The van der Waals surface area contributed by atoms with Crippen molar-refractivity contribution in [2.75, 3.05) is 13.7 Å². The molecule has 0 aliphatic carbocycles. The first-order valence-corrected chi connectivity index (χ1v) is 6.62. The van der Waals surface area contributed by atoms with Gasteiger partial charge < -0.3 is 10.1 Å².